The first-order valence-corrected chi connectivity index (χ1v) is 5.76. The molecule has 15 heavy (non-hydrogen) atoms. The highest BCUT2D eigenvalue weighted by Crippen LogP contribution is 2.08. The van der Waals surface area contributed by atoms with Crippen molar-refractivity contribution in [3.05, 3.63) is 42.6 Å². The van der Waals surface area contributed by atoms with Crippen LogP contribution in [0.5, 0.6) is 0 Å². The molecule has 0 fully saturated rings. The molecule has 0 saturated carbocycles. The zero-order valence-corrected chi connectivity index (χ0v) is 8.55. The summed E-state index contributed by atoms with van der Waals surface area (Å²) >= 11 is 0. The standard InChI is InChI=1S/C9H9N3O2S/c10-15(13,14)9-6-7-12(11-9)8-4-2-1-3-5-8/h1-7H,(H2,10,13,14). The van der Waals surface area contributed by atoms with Gasteiger partial charge in [-0.25, -0.2) is 18.2 Å². The van der Waals surface area contributed by atoms with Crippen molar-refractivity contribution in [3.8, 4) is 5.69 Å². The lowest BCUT2D eigenvalue weighted by Crippen LogP contribution is -2.13. The van der Waals surface area contributed by atoms with E-state index in [-0.39, 0.29) is 5.03 Å². The molecule has 1 heterocycles. The molecule has 1 aromatic heterocycles. The Hall–Kier alpha value is -1.66. The number of aromatic nitrogens is 2. The number of nitrogens with zero attached hydrogens (tertiary/aromatic N) is 2. The van der Waals surface area contributed by atoms with Gasteiger partial charge < -0.3 is 0 Å². The van der Waals surface area contributed by atoms with Crippen molar-refractivity contribution >= 4 is 10.0 Å². The Balaban J connectivity index is 2.46. The Morgan fingerprint density at radius 3 is 2.33 bits per heavy atom. The number of primary sulfonamides is 1. The molecule has 1 aromatic carbocycles. The van der Waals surface area contributed by atoms with Crippen molar-refractivity contribution < 1.29 is 8.42 Å². The first kappa shape index (κ1) is 9.88. The minimum Gasteiger partial charge on any atom is -0.240 e. The topological polar surface area (TPSA) is 78.0 Å². The van der Waals surface area contributed by atoms with Gasteiger partial charge in [0.1, 0.15) is 0 Å². The predicted molar refractivity (Wildman–Crippen MR) is 54.9 cm³/mol. The summed E-state index contributed by atoms with van der Waals surface area (Å²) in [6, 6.07) is 10.6. The monoisotopic (exact) mass is 223 g/mol. The Kier molecular flexibility index (Phi) is 2.29. The van der Waals surface area contributed by atoms with E-state index in [0.717, 1.165) is 5.69 Å². The molecule has 0 bridgehead atoms. The van der Waals surface area contributed by atoms with E-state index < -0.39 is 10.0 Å². The van der Waals surface area contributed by atoms with Crippen molar-refractivity contribution in [2.45, 2.75) is 5.03 Å². The SMILES string of the molecule is NS(=O)(=O)c1ccn(-c2ccccc2)n1. The van der Waals surface area contributed by atoms with Crippen molar-refractivity contribution in [1.29, 1.82) is 0 Å². The van der Waals surface area contributed by atoms with E-state index >= 15 is 0 Å². The summed E-state index contributed by atoms with van der Waals surface area (Å²) < 4.78 is 23.4. The summed E-state index contributed by atoms with van der Waals surface area (Å²) in [5, 5.41) is 8.67. The summed E-state index contributed by atoms with van der Waals surface area (Å²) in [4.78, 5) is 0. The molecular weight excluding hydrogens is 214 g/mol. The number of benzene rings is 1. The average Bonchev–Trinajstić information content (AvgIpc) is 2.67. The second-order valence-electron chi connectivity index (χ2n) is 2.98. The van der Waals surface area contributed by atoms with E-state index in [0.29, 0.717) is 0 Å². The van der Waals surface area contributed by atoms with E-state index in [4.69, 9.17) is 5.14 Å². The molecule has 0 radical (unpaired) electrons. The van der Waals surface area contributed by atoms with Gasteiger partial charge in [-0.3, -0.25) is 0 Å². The third kappa shape index (κ3) is 2.05. The van der Waals surface area contributed by atoms with Crippen LogP contribution in [0.3, 0.4) is 0 Å². The van der Waals surface area contributed by atoms with Crippen molar-refractivity contribution in [2.75, 3.05) is 0 Å². The Morgan fingerprint density at radius 1 is 1.13 bits per heavy atom. The molecule has 0 aliphatic heterocycles. The van der Waals surface area contributed by atoms with Crippen LogP contribution in [-0.2, 0) is 10.0 Å². The molecular formula is C9H9N3O2S. The van der Waals surface area contributed by atoms with Gasteiger partial charge >= 0.3 is 0 Å². The molecule has 0 aliphatic rings. The van der Waals surface area contributed by atoms with Crippen LogP contribution in [0.1, 0.15) is 0 Å². The molecule has 0 saturated heterocycles. The molecule has 6 heteroatoms. The number of hydrogen-bond acceptors (Lipinski definition) is 3. The predicted octanol–water partition coefficient (Wildman–Crippen LogP) is 0.520. The molecule has 0 aliphatic carbocycles. The van der Waals surface area contributed by atoms with Crippen molar-refractivity contribution in [1.82, 2.24) is 9.78 Å². The minimum atomic E-state index is -3.72. The normalized spacial score (nSPS) is 11.5. The van der Waals surface area contributed by atoms with Gasteiger partial charge in [-0.05, 0) is 18.2 Å². The second-order valence-corrected chi connectivity index (χ2v) is 4.49. The van der Waals surface area contributed by atoms with Gasteiger partial charge in [-0.2, -0.15) is 5.10 Å². The van der Waals surface area contributed by atoms with Crippen LogP contribution in [0.2, 0.25) is 0 Å². The largest absolute Gasteiger partial charge is 0.257 e. The van der Waals surface area contributed by atoms with Gasteiger partial charge in [0, 0.05) is 6.20 Å². The summed E-state index contributed by atoms with van der Waals surface area (Å²) in [6.45, 7) is 0. The molecule has 0 atom stereocenters. The molecule has 0 spiro atoms. The van der Waals surface area contributed by atoms with Crippen molar-refractivity contribution in [3.63, 3.8) is 0 Å². The van der Waals surface area contributed by atoms with Crippen molar-refractivity contribution in [2.24, 2.45) is 5.14 Å². The Labute approximate surface area is 87.2 Å². The zero-order valence-electron chi connectivity index (χ0n) is 7.74. The number of hydrogen-bond donors (Lipinski definition) is 1. The highest BCUT2D eigenvalue weighted by atomic mass is 32.2. The smallest absolute Gasteiger partial charge is 0.240 e. The quantitative estimate of drug-likeness (QED) is 0.806. The average molecular weight is 223 g/mol. The van der Waals surface area contributed by atoms with Crippen LogP contribution in [0.15, 0.2) is 47.6 Å². The summed E-state index contributed by atoms with van der Waals surface area (Å²) in [7, 11) is -3.72. The van der Waals surface area contributed by atoms with Crippen LogP contribution in [0, 0.1) is 0 Å². The van der Waals surface area contributed by atoms with Gasteiger partial charge in [0.2, 0.25) is 0 Å². The van der Waals surface area contributed by atoms with E-state index in [1.165, 1.54) is 10.7 Å². The number of rotatable bonds is 2. The molecule has 78 valence electrons. The number of sulfonamides is 1. The van der Waals surface area contributed by atoms with Gasteiger partial charge in [0.05, 0.1) is 5.69 Å². The first-order valence-electron chi connectivity index (χ1n) is 4.21. The third-order valence-corrected chi connectivity index (χ3v) is 2.68. The van der Waals surface area contributed by atoms with E-state index in [9.17, 15) is 8.42 Å². The van der Waals surface area contributed by atoms with Crippen LogP contribution < -0.4 is 5.14 Å². The maximum absolute atomic E-state index is 11.0. The van der Waals surface area contributed by atoms with E-state index in [2.05, 4.69) is 5.10 Å². The molecule has 5 nitrogen and oxygen atoms in total. The molecule has 2 N–H and O–H groups in total. The lowest BCUT2D eigenvalue weighted by Gasteiger charge is -1.98. The van der Waals surface area contributed by atoms with Crippen LogP contribution >= 0.6 is 0 Å². The lowest BCUT2D eigenvalue weighted by molar-refractivity contribution is 0.592. The number of para-hydroxylation sites is 1. The van der Waals surface area contributed by atoms with Gasteiger partial charge in [-0.15, -0.1) is 0 Å². The maximum atomic E-state index is 11.0. The van der Waals surface area contributed by atoms with Crippen LogP contribution in [-0.4, -0.2) is 18.2 Å². The number of nitrogens with two attached hydrogens (primary N) is 1. The third-order valence-electron chi connectivity index (χ3n) is 1.88. The van der Waals surface area contributed by atoms with Crippen LogP contribution in [0.4, 0.5) is 0 Å². The zero-order chi connectivity index (χ0) is 10.9. The second kappa shape index (κ2) is 3.48. The highest BCUT2D eigenvalue weighted by Gasteiger charge is 2.11. The Morgan fingerprint density at radius 2 is 1.80 bits per heavy atom. The van der Waals surface area contributed by atoms with E-state index in [1.54, 1.807) is 6.20 Å². The summed E-state index contributed by atoms with van der Waals surface area (Å²) in [5.74, 6) is 0. The fraction of sp³-hybridized carbons (Fsp3) is 0. The van der Waals surface area contributed by atoms with Gasteiger partial charge in [0.25, 0.3) is 10.0 Å². The van der Waals surface area contributed by atoms with E-state index in [1.807, 2.05) is 30.3 Å². The minimum absolute atomic E-state index is 0.133. The fourth-order valence-corrected chi connectivity index (χ4v) is 1.64. The fourth-order valence-electron chi connectivity index (χ4n) is 1.18. The molecule has 2 aromatic rings. The summed E-state index contributed by atoms with van der Waals surface area (Å²) in [5.41, 5.74) is 0.785. The van der Waals surface area contributed by atoms with Gasteiger partial charge in [0.15, 0.2) is 5.03 Å². The van der Waals surface area contributed by atoms with Crippen LogP contribution in [0.25, 0.3) is 5.69 Å². The summed E-state index contributed by atoms with van der Waals surface area (Å²) in [6.07, 6.45) is 1.55. The lowest BCUT2D eigenvalue weighted by atomic mass is 10.3. The first-order chi connectivity index (χ1) is 7.07. The Bertz CT molecular complexity index is 560. The molecule has 0 amide bonds. The maximum Gasteiger partial charge on any atom is 0.257 e. The molecule has 2 rings (SSSR count). The molecule has 0 unspecified atom stereocenters. The van der Waals surface area contributed by atoms with Gasteiger partial charge in [-0.1, -0.05) is 18.2 Å². The highest BCUT2D eigenvalue weighted by molar-refractivity contribution is 7.89.